The molecular formula is C25H20FNO4. The molecule has 2 bridgehead atoms. The minimum atomic E-state index is -0.420. The van der Waals surface area contributed by atoms with Crippen LogP contribution in [0.1, 0.15) is 16.8 Å². The highest BCUT2D eigenvalue weighted by molar-refractivity contribution is 6.23. The molecule has 6 atom stereocenters. The number of halogens is 1. The van der Waals surface area contributed by atoms with Crippen LogP contribution in [0.4, 0.5) is 10.1 Å². The molecule has 1 saturated heterocycles. The van der Waals surface area contributed by atoms with Crippen molar-refractivity contribution in [2.75, 3.05) is 11.5 Å². The SMILES string of the molecule is O=C(COc1ccccc1N1C(=O)[C@H]2[C@@H]3C=C[C@H]([C@H]4C[C@H]34)[C@@H]2C1=O)c1ccc(F)cc1. The van der Waals surface area contributed by atoms with Crippen LogP contribution < -0.4 is 9.64 Å². The summed E-state index contributed by atoms with van der Waals surface area (Å²) < 4.78 is 18.8. The maximum Gasteiger partial charge on any atom is 0.238 e. The fraction of sp³-hybridized carbons (Fsp3) is 0.320. The minimum absolute atomic E-state index is 0.148. The summed E-state index contributed by atoms with van der Waals surface area (Å²) in [4.78, 5) is 40.4. The van der Waals surface area contributed by atoms with Crippen molar-refractivity contribution in [2.24, 2.45) is 35.5 Å². The summed E-state index contributed by atoms with van der Waals surface area (Å²) in [6.45, 7) is -0.275. The second-order valence-electron chi connectivity index (χ2n) is 8.85. The van der Waals surface area contributed by atoms with Crippen LogP contribution in [-0.4, -0.2) is 24.2 Å². The van der Waals surface area contributed by atoms with Crippen molar-refractivity contribution < 1.29 is 23.5 Å². The largest absolute Gasteiger partial charge is 0.483 e. The molecule has 4 aliphatic carbocycles. The monoisotopic (exact) mass is 417 g/mol. The van der Waals surface area contributed by atoms with Gasteiger partial charge in [-0.15, -0.1) is 0 Å². The number of carbonyl (C=O) groups is 3. The number of para-hydroxylation sites is 2. The zero-order valence-electron chi connectivity index (χ0n) is 16.6. The molecule has 1 heterocycles. The molecule has 2 saturated carbocycles. The molecule has 2 aromatic carbocycles. The van der Waals surface area contributed by atoms with Gasteiger partial charge in [-0.1, -0.05) is 24.3 Å². The normalized spacial score (nSPS) is 32.1. The highest BCUT2D eigenvalue weighted by Gasteiger charge is 2.67. The Morgan fingerprint density at radius 3 is 2.19 bits per heavy atom. The molecule has 31 heavy (non-hydrogen) atoms. The average Bonchev–Trinajstić information content (AvgIpc) is 3.56. The number of amides is 2. The number of ketones is 1. The Kier molecular flexibility index (Phi) is 3.94. The molecule has 156 valence electrons. The van der Waals surface area contributed by atoms with Crippen molar-refractivity contribution in [3.63, 3.8) is 0 Å². The zero-order valence-corrected chi connectivity index (χ0v) is 16.6. The number of Topliss-reactive ketones (excluding diaryl/α,β-unsaturated/α-hetero) is 1. The van der Waals surface area contributed by atoms with Crippen LogP contribution in [-0.2, 0) is 9.59 Å². The Bertz CT molecular complexity index is 1100. The first-order valence-electron chi connectivity index (χ1n) is 10.6. The van der Waals surface area contributed by atoms with E-state index in [4.69, 9.17) is 4.74 Å². The van der Waals surface area contributed by atoms with E-state index in [2.05, 4.69) is 12.2 Å². The third-order valence-electron chi connectivity index (χ3n) is 7.29. The van der Waals surface area contributed by atoms with Crippen LogP contribution in [0.25, 0.3) is 0 Å². The van der Waals surface area contributed by atoms with E-state index >= 15 is 0 Å². The van der Waals surface area contributed by atoms with E-state index in [1.54, 1.807) is 24.3 Å². The summed E-state index contributed by atoms with van der Waals surface area (Å²) in [6, 6.07) is 12.1. The molecule has 0 unspecified atom stereocenters. The molecule has 0 spiro atoms. The summed E-state index contributed by atoms with van der Waals surface area (Å²) in [5, 5.41) is 0. The Morgan fingerprint density at radius 2 is 1.55 bits per heavy atom. The Balaban J connectivity index is 1.26. The van der Waals surface area contributed by atoms with Gasteiger partial charge in [0.05, 0.1) is 17.5 Å². The number of hydrogen-bond acceptors (Lipinski definition) is 4. The molecule has 2 aromatic rings. The lowest BCUT2D eigenvalue weighted by Crippen LogP contribution is -2.40. The average molecular weight is 417 g/mol. The Hall–Kier alpha value is -3.28. The molecule has 5 nitrogen and oxygen atoms in total. The van der Waals surface area contributed by atoms with Crippen LogP contribution in [0.15, 0.2) is 60.7 Å². The fourth-order valence-corrected chi connectivity index (χ4v) is 5.82. The van der Waals surface area contributed by atoms with Gasteiger partial charge in [0.2, 0.25) is 11.8 Å². The van der Waals surface area contributed by atoms with E-state index < -0.39 is 5.82 Å². The van der Waals surface area contributed by atoms with Crippen molar-refractivity contribution in [3.05, 3.63) is 72.1 Å². The zero-order chi connectivity index (χ0) is 21.3. The minimum Gasteiger partial charge on any atom is -0.483 e. The molecule has 0 aromatic heterocycles. The lowest BCUT2D eigenvalue weighted by Gasteiger charge is -2.37. The number of anilines is 1. The lowest BCUT2D eigenvalue weighted by molar-refractivity contribution is -0.124. The van der Waals surface area contributed by atoms with Gasteiger partial charge in [0.25, 0.3) is 0 Å². The third-order valence-corrected chi connectivity index (χ3v) is 7.29. The van der Waals surface area contributed by atoms with E-state index in [0.29, 0.717) is 28.8 Å². The van der Waals surface area contributed by atoms with Crippen LogP contribution in [0.5, 0.6) is 5.75 Å². The quantitative estimate of drug-likeness (QED) is 0.423. The molecule has 5 aliphatic rings. The molecular weight excluding hydrogens is 397 g/mol. The van der Waals surface area contributed by atoms with Crippen molar-refractivity contribution in [1.29, 1.82) is 0 Å². The van der Waals surface area contributed by atoms with Gasteiger partial charge in [0.1, 0.15) is 11.6 Å². The van der Waals surface area contributed by atoms with Crippen molar-refractivity contribution in [1.82, 2.24) is 0 Å². The fourth-order valence-electron chi connectivity index (χ4n) is 5.82. The van der Waals surface area contributed by atoms with Crippen LogP contribution in [0.2, 0.25) is 0 Å². The highest BCUT2D eigenvalue weighted by atomic mass is 19.1. The van der Waals surface area contributed by atoms with Gasteiger partial charge < -0.3 is 4.74 Å². The Morgan fingerprint density at radius 1 is 0.935 bits per heavy atom. The topological polar surface area (TPSA) is 63.7 Å². The lowest BCUT2D eigenvalue weighted by atomic mass is 9.63. The molecule has 6 heteroatoms. The summed E-state index contributed by atoms with van der Waals surface area (Å²) in [5.74, 6) is 0.0244. The molecule has 0 N–H and O–H groups in total. The van der Waals surface area contributed by atoms with Gasteiger partial charge in [-0.2, -0.15) is 0 Å². The van der Waals surface area contributed by atoms with Gasteiger partial charge in [-0.05, 0) is 66.5 Å². The maximum absolute atomic E-state index is 13.4. The molecule has 0 radical (unpaired) electrons. The predicted molar refractivity (Wildman–Crippen MR) is 110 cm³/mol. The van der Waals surface area contributed by atoms with Gasteiger partial charge in [-0.3, -0.25) is 14.4 Å². The van der Waals surface area contributed by atoms with E-state index in [1.807, 2.05) is 0 Å². The van der Waals surface area contributed by atoms with Crippen molar-refractivity contribution >= 4 is 23.3 Å². The van der Waals surface area contributed by atoms with Crippen molar-refractivity contribution in [2.45, 2.75) is 6.42 Å². The van der Waals surface area contributed by atoms with Crippen LogP contribution >= 0.6 is 0 Å². The van der Waals surface area contributed by atoms with E-state index in [0.717, 1.165) is 6.42 Å². The maximum atomic E-state index is 13.4. The molecule has 2 amide bonds. The van der Waals surface area contributed by atoms with Crippen molar-refractivity contribution in [3.8, 4) is 5.75 Å². The van der Waals surface area contributed by atoms with E-state index in [-0.39, 0.29) is 47.9 Å². The number of rotatable bonds is 5. The van der Waals surface area contributed by atoms with Gasteiger partial charge in [0.15, 0.2) is 12.4 Å². The summed E-state index contributed by atoms with van der Waals surface area (Å²) in [5.41, 5.74) is 0.715. The third kappa shape index (κ3) is 2.70. The molecule has 3 fully saturated rings. The van der Waals surface area contributed by atoms with E-state index in [1.165, 1.54) is 29.2 Å². The van der Waals surface area contributed by atoms with Gasteiger partial charge >= 0.3 is 0 Å². The number of nitrogens with zero attached hydrogens (tertiary/aromatic N) is 1. The smallest absolute Gasteiger partial charge is 0.238 e. The molecule has 1 aliphatic heterocycles. The molecule has 7 rings (SSSR count). The number of allylic oxidation sites excluding steroid dienone is 2. The second kappa shape index (κ2) is 6.61. The van der Waals surface area contributed by atoms with E-state index in [9.17, 15) is 18.8 Å². The summed E-state index contributed by atoms with van der Waals surface area (Å²) in [6.07, 6.45) is 5.39. The van der Waals surface area contributed by atoms with Gasteiger partial charge in [0, 0.05) is 5.56 Å². The summed E-state index contributed by atoms with van der Waals surface area (Å²) in [7, 11) is 0. The number of carbonyl (C=O) groups excluding carboxylic acids is 3. The Labute approximate surface area is 178 Å². The van der Waals surface area contributed by atoms with Gasteiger partial charge in [-0.25, -0.2) is 9.29 Å². The first-order valence-corrected chi connectivity index (χ1v) is 10.6. The van der Waals surface area contributed by atoms with Crippen LogP contribution in [0.3, 0.4) is 0 Å². The number of benzene rings is 2. The first kappa shape index (κ1) is 18.5. The first-order chi connectivity index (χ1) is 15.0. The second-order valence-corrected chi connectivity index (χ2v) is 8.85. The highest BCUT2D eigenvalue weighted by Crippen LogP contribution is 2.65. The predicted octanol–water partition coefficient (Wildman–Crippen LogP) is 3.64. The standard InChI is InChI=1S/C25H20FNO4/c26-14-7-5-13(6-8-14)20(28)12-31-21-4-2-1-3-19(21)27-24(29)22-15-9-10-16(18-11-17(15)18)23(22)25(27)30/h1-10,15-18,22-23H,11-12H2/t15-,16-,17-,18-,22+,23+/m1/s1. The number of ether oxygens (including phenoxy) is 1. The number of hydrogen-bond donors (Lipinski definition) is 0. The number of imide groups is 1. The van der Waals surface area contributed by atoms with Crippen LogP contribution in [0, 0.1) is 41.3 Å². The summed E-state index contributed by atoms with van der Waals surface area (Å²) >= 11 is 0.